The molecule has 2 N–H and O–H groups in total. The molecule has 1 aromatic carbocycles. The molecule has 0 aliphatic carbocycles. The number of benzene rings is 1. The van der Waals surface area contributed by atoms with E-state index in [0.29, 0.717) is 5.02 Å². The first-order valence-electron chi connectivity index (χ1n) is 4.44. The van der Waals surface area contributed by atoms with Crippen molar-refractivity contribution in [1.82, 2.24) is 4.98 Å². The van der Waals surface area contributed by atoms with Gasteiger partial charge in [0.15, 0.2) is 0 Å². The molecule has 2 nitrogen and oxygen atoms in total. The van der Waals surface area contributed by atoms with Crippen LogP contribution < -0.4 is 0 Å². The van der Waals surface area contributed by atoms with Crippen LogP contribution in [-0.4, -0.2) is 10.1 Å². The van der Waals surface area contributed by atoms with Crippen LogP contribution in [0.15, 0.2) is 41.1 Å². The molecule has 15 heavy (non-hydrogen) atoms. The fourth-order valence-corrected chi connectivity index (χ4v) is 2.05. The van der Waals surface area contributed by atoms with E-state index < -0.39 is 6.10 Å². The Labute approximate surface area is 101 Å². The summed E-state index contributed by atoms with van der Waals surface area (Å²) >= 11 is 9.27. The third kappa shape index (κ3) is 2.25. The Morgan fingerprint density at radius 2 is 2.13 bits per heavy atom. The summed E-state index contributed by atoms with van der Waals surface area (Å²) < 4.78 is 0.848. The fraction of sp³-hybridized carbons (Fsp3) is 0.0909. The van der Waals surface area contributed by atoms with Gasteiger partial charge in [-0.1, -0.05) is 27.5 Å². The minimum absolute atomic E-state index is 0.614. The molecule has 0 saturated heterocycles. The lowest BCUT2D eigenvalue weighted by Crippen LogP contribution is -1.99. The van der Waals surface area contributed by atoms with Crippen molar-refractivity contribution in [1.29, 1.82) is 0 Å². The highest BCUT2D eigenvalue weighted by molar-refractivity contribution is 9.10. The van der Waals surface area contributed by atoms with Crippen molar-refractivity contribution >= 4 is 27.5 Å². The summed E-state index contributed by atoms with van der Waals surface area (Å²) in [5.74, 6) is 0. The standard InChI is InChI=1S/C11H9BrClNO/c12-10-2-1-8(13)5-9(10)11(15)7-3-4-14-6-7/h1-6,11,14-15H. The van der Waals surface area contributed by atoms with Crippen molar-refractivity contribution in [3.8, 4) is 0 Å². The van der Waals surface area contributed by atoms with E-state index >= 15 is 0 Å². The summed E-state index contributed by atoms with van der Waals surface area (Å²) in [5.41, 5.74) is 1.58. The highest BCUT2D eigenvalue weighted by atomic mass is 79.9. The van der Waals surface area contributed by atoms with Crippen LogP contribution >= 0.6 is 27.5 Å². The number of halogens is 2. The predicted octanol–water partition coefficient (Wildman–Crippen LogP) is 3.51. The zero-order valence-corrected chi connectivity index (χ0v) is 10.1. The third-order valence-electron chi connectivity index (χ3n) is 2.19. The maximum atomic E-state index is 10.1. The highest BCUT2D eigenvalue weighted by Crippen LogP contribution is 2.30. The maximum absolute atomic E-state index is 10.1. The summed E-state index contributed by atoms with van der Waals surface area (Å²) in [4.78, 5) is 2.91. The van der Waals surface area contributed by atoms with E-state index in [1.807, 2.05) is 12.1 Å². The normalized spacial score (nSPS) is 12.7. The van der Waals surface area contributed by atoms with E-state index in [2.05, 4.69) is 20.9 Å². The molecule has 0 saturated carbocycles. The molecule has 2 rings (SSSR count). The second-order valence-corrected chi connectivity index (χ2v) is 4.50. The van der Waals surface area contributed by atoms with Gasteiger partial charge in [-0.25, -0.2) is 0 Å². The fourth-order valence-electron chi connectivity index (χ4n) is 1.41. The quantitative estimate of drug-likeness (QED) is 0.871. The molecule has 0 radical (unpaired) electrons. The number of hydrogen-bond acceptors (Lipinski definition) is 1. The Balaban J connectivity index is 2.41. The average molecular weight is 287 g/mol. The lowest BCUT2D eigenvalue weighted by molar-refractivity contribution is 0.219. The predicted molar refractivity (Wildman–Crippen MR) is 64.0 cm³/mol. The number of aliphatic hydroxyl groups is 1. The number of aliphatic hydroxyl groups excluding tert-OH is 1. The molecular formula is C11H9BrClNO. The minimum atomic E-state index is -0.663. The molecule has 1 atom stereocenters. The van der Waals surface area contributed by atoms with E-state index in [1.165, 1.54) is 0 Å². The first-order valence-corrected chi connectivity index (χ1v) is 5.61. The Morgan fingerprint density at radius 3 is 2.80 bits per heavy atom. The first kappa shape index (κ1) is 10.7. The number of rotatable bonds is 2. The topological polar surface area (TPSA) is 36.0 Å². The van der Waals surface area contributed by atoms with Gasteiger partial charge in [-0.15, -0.1) is 0 Å². The molecule has 0 bridgehead atoms. The summed E-state index contributed by atoms with van der Waals surface area (Å²) in [5, 5.41) is 10.7. The molecule has 78 valence electrons. The molecule has 0 spiro atoms. The van der Waals surface area contributed by atoms with Gasteiger partial charge in [-0.05, 0) is 24.3 Å². The molecule has 1 heterocycles. The zero-order chi connectivity index (χ0) is 10.8. The van der Waals surface area contributed by atoms with Gasteiger partial charge in [-0.2, -0.15) is 0 Å². The zero-order valence-electron chi connectivity index (χ0n) is 7.74. The Morgan fingerprint density at radius 1 is 1.33 bits per heavy atom. The molecule has 0 aliphatic heterocycles. The Hall–Kier alpha value is -0.770. The molecule has 2 aromatic rings. The van der Waals surface area contributed by atoms with E-state index in [-0.39, 0.29) is 0 Å². The molecular weight excluding hydrogens is 277 g/mol. The Bertz CT molecular complexity index is 456. The van der Waals surface area contributed by atoms with Crippen LogP contribution in [0.25, 0.3) is 0 Å². The van der Waals surface area contributed by atoms with Gasteiger partial charge in [-0.3, -0.25) is 0 Å². The van der Waals surface area contributed by atoms with E-state index in [1.54, 1.807) is 24.5 Å². The van der Waals surface area contributed by atoms with Crippen LogP contribution in [0.5, 0.6) is 0 Å². The minimum Gasteiger partial charge on any atom is -0.384 e. The summed E-state index contributed by atoms with van der Waals surface area (Å²) in [6.45, 7) is 0. The van der Waals surface area contributed by atoms with Gasteiger partial charge in [0.2, 0.25) is 0 Å². The van der Waals surface area contributed by atoms with Crippen LogP contribution in [0, 0.1) is 0 Å². The molecule has 0 aliphatic rings. The van der Waals surface area contributed by atoms with Crippen LogP contribution in [0.2, 0.25) is 5.02 Å². The first-order chi connectivity index (χ1) is 7.18. The number of aromatic nitrogens is 1. The Kier molecular flexibility index (Phi) is 3.14. The van der Waals surface area contributed by atoms with Crippen molar-refractivity contribution in [2.24, 2.45) is 0 Å². The largest absolute Gasteiger partial charge is 0.384 e. The van der Waals surface area contributed by atoms with Crippen LogP contribution in [0.1, 0.15) is 17.2 Å². The van der Waals surface area contributed by atoms with Crippen molar-refractivity contribution in [3.63, 3.8) is 0 Å². The highest BCUT2D eigenvalue weighted by Gasteiger charge is 2.14. The SMILES string of the molecule is OC(c1cc[nH]c1)c1cc(Cl)ccc1Br. The summed E-state index contributed by atoms with van der Waals surface area (Å²) in [7, 11) is 0. The third-order valence-corrected chi connectivity index (χ3v) is 3.15. The van der Waals surface area contributed by atoms with E-state index in [4.69, 9.17) is 11.6 Å². The maximum Gasteiger partial charge on any atom is 0.107 e. The van der Waals surface area contributed by atoms with E-state index in [9.17, 15) is 5.11 Å². The molecule has 0 amide bonds. The molecule has 1 unspecified atom stereocenters. The molecule has 4 heteroatoms. The van der Waals surface area contributed by atoms with E-state index in [0.717, 1.165) is 15.6 Å². The number of hydrogen-bond donors (Lipinski definition) is 2. The van der Waals surface area contributed by atoms with Gasteiger partial charge < -0.3 is 10.1 Å². The summed E-state index contributed by atoms with van der Waals surface area (Å²) in [6.07, 6.45) is 2.87. The smallest absolute Gasteiger partial charge is 0.107 e. The lowest BCUT2D eigenvalue weighted by atomic mass is 10.0. The van der Waals surface area contributed by atoms with Crippen LogP contribution in [-0.2, 0) is 0 Å². The second kappa shape index (κ2) is 4.39. The number of nitrogens with one attached hydrogen (secondary N) is 1. The monoisotopic (exact) mass is 285 g/mol. The van der Waals surface area contributed by atoms with Crippen LogP contribution in [0.4, 0.5) is 0 Å². The van der Waals surface area contributed by atoms with Gasteiger partial charge in [0.1, 0.15) is 6.10 Å². The van der Waals surface area contributed by atoms with Gasteiger partial charge in [0, 0.05) is 33.0 Å². The van der Waals surface area contributed by atoms with Gasteiger partial charge in [0.25, 0.3) is 0 Å². The van der Waals surface area contributed by atoms with Crippen molar-refractivity contribution in [2.75, 3.05) is 0 Å². The van der Waals surface area contributed by atoms with Crippen molar-refractivity contribution in [3.05, 3.63) is 57.3 Å². The average Bonchev–Trinajstić information content (AvgIpc) is 2.74. The van der Waals surface area contributed by atoms with Crippen LogP contribution in [0.3, 0.4) is 0 Å². The second-order valence-electron chi connectivity index (χ2n) is 3.21. The van der Waals surface area contributed by atoms with Gasteiger partial charge in [0.05, 0.1) is 0 Å². The number of H-pyrrole nitrogens is 1. The van der Waals surface area contributed by atoms with Crippen molar-refractivity contribution in [2.45, 2.75) is 6.10 Å². The summed E-state index contributed by atoms with van der Waals surface area (Å²) in [6, 6.07) is 7.19. The van der Waals surface area contributed by atoms with Crippen molar-refractivity contribution < 1.29 is 5.11 Å². The van der Waals surface area contributed by atoms with Gasteiger partial charge >= 0.3 is 0 Å². The lowest BCUT2D eigenvalue weighted by Gasteiger charge is -2.11. The molecule has 0 fully saturated rings. The number of aromatic amines is 1. The molecule has 1 aromatic heterocycles.